The fourth-order valence-corrected chi connectivity index (χ4v) is 9.10. The van der Waals surface area contributed by atoms with Gasteiger partial charge in [0.25, 0.3) is 0 Å². The summed E-state index contributed by atoms with van der Waals surface area (Å²) in [5.41, 5.74) is 7.98. The van der Waals surface area contributed by atoms with E-state index < -0.39 is 11.7 Å². The Labute approximate surface area is 370 Å². The molecule has 7 nitrogen and oxygen atoms in total. The summed E-state index contributed by atoms with van der Waals surface area (Å²) < 4.78 is 48.5. The molecule has 0 N–H and O–H groups in total. The Hall–Kier alpha value is -9.40. The van der Waals surface area contributed by atoms with Crippen molar-refractivity contribution in [1.29, 1.82) is 15.8 Å². The molecule has 0 amide bonds. The number of aromatic nitrogens is 2. The van der Waals surface area contributed by atoms with Crippen molar-refractivity contribution < 1.29 is 13.2 Å². The van der Waals surface area contributed by atoms with Crippen LogP contribution in [0.5, 0.6) is 0 Å². The van der Waals surface area contributed by atoms with Crippen LogP contribution in [0.3, 0.4) is 0 Å². The fraction of sp³-hybridized carbons (Fsp3) is 0.0364. The van der Waals surface area contributed by atoms with Gasteiger partial charge in [-0.1, -0.05) is 91.0 Å². The van der Waals surface area contributed by atoms with E-state index in [9.17, 15) is 29.0 Å². The van der Waals surface area contributed by atoms with Crippen molar-refractivity contribution in [3.63, 3.8) is 0 Å². The van der Waals surface area contributed by atoms with Gasteiger partial charge in [0.05, 0.1) is 87.0 Å². The number of fused-ring (bicyclic) bond motifs is 6. The van der Waals surface area contributed by atoms with E-state index in [0.717, 1.165) is 44.7 Å². The lowest BCUT2D eigenvalue weighted by atomic mass is 9.94. The zero-order valence-corrected chi connectivity index (χ0v) is 34.2. The third-order valence-corrected chi connectivity index (χ3v) is 11.9. The van der Waals surface area contributed by atoms with E-state index in [1.165, 1.54) is 6.07 Å². The smallest absolute Gasteiger partial charge is 0.308 e. The zero-order valence-electron chi connectivity index (χ0n) is 34.2. The van der Waals surface area contributed by atoms with Crippen LogP contribution in [0.2, 0.25) is 0 Å². The van der Waals surface area contributed by atoms with Crippen molar-refractivity contribution >= 4 is 55.0 Å². The maximum atomic E-state index is 14.9. The molecule has 0 fully saturated rings. The first-order valence-corrected chi connectivity index (χ1v) is 20.2. The van der Waals surface area contributed by atoms with Crippen molar-refractivity contribution in [3.8, 4) is 63.0 Å². The number of hydrogen-bond acceptors (Lipinski definition) is 3. The summed E-state index contributed by atoms with van der Waals surface area (Å²) in [6.07, 6.45) is -4.68. The van der Waals surface area contributed by atoms with Crippen LogP contribution < -0.4 is 0 Å². The molecule has 0 atom stereocenters. The topological polar surface area (TPSA) is 90.0 Å². The number of nitrogens with zero attached hydrogens (tertiary/aromatic N) is 7. The van der Waals surface area contributed by atoms with Crippen LogP contribution in [0, 0.1) is 54.1 Å². The van der Waals surface area contributed by atoms with Crippen molar-refractivity contribution in [3.05, 3.63) is 202 Å². The molecule has 0 spiro atoms. The van der Waals surface area contributed by atoms with Crippen molar-refractivity contribution in [2.24, 2.45) is 0 Å². The van der Waals surface area contributed by atoms with Crippen LogP contribution >= 0.6 is 0 Å². The second kappa shape index (κ2) is 15.2. The highest BCUT2D eigenvalue weighted by Crippen LogP contribution is 2.46. The van der Waals surface area contributed by atoms with Gasteiger partial charge in [-0.15, -0.1) is 0 Å². The van der Waals surface area contributed by atoms with Crippen molar-refractivity contribution in [1.82, 2.24) is 9.13 Å². The van der Waals surface area contributed by atoms with Gasteiger partial charge in [-0.3, -0.25) is 0 Å². The minimum absolute atomic E-state index is 0.246. The minimum atomic E-state index is -4.68. The summed E-state index contributed by atoms with van der Waals surface area (Å²) in [6, 6.07) is 50.9. The highest BCUT2D eigenvalue weighted by Gasteiger charge is 2.32. The molecule has 10 aromatic rings. The van der Waals surface area contributed by atoms with Crippen LogP contribution in [0.25, 0.3) is 98.1 Å². The summed E-state index contributed by atoms with van der Waals surface area (Å²) in [5.74, 6) is 0. The summed E-state index contributed by atoms with van der Waals surface area (Å²) in [5, 5.41) is 34.0. The first kappa shape index (κ1) is 39.7. The number of para-hydroxylation sites is 2. The molecule has 2 aromatic heterocycles. The second-order valence-corrected chi connectivity index (χ2v) is 15.7. The average Bonchev–Trinajstić information content (AvgIpc) is 3.84. The fourth-order valence-electron chi connectivity index (χ4n) is 9.10. The van der Waals surface area contributed by atoms with E-state index in [4.69, 9.17) is 13.1 Å². The second-order valence-electron chi connectivity index (χ2n) is 15.7. The lowest BCUT2D eigenvalue weighted by Gasteiger charge is -2.22. The van der Waals surface area contributed by atoms with Crippen LogP contribution in [-0.4, -0.2) is 9.13 Å². The van der Waals surface area contributed by atoms with Crippen molar-refractivity contribution in [2.45, 2.75) is 13.1 Å². The van der Waals surface area contributed by atoms with E-state index in [1.54, 1.807) is 55.5 Å². The lowest BCUT2D eigenvalue weighted by Crippen LogP contribution is -2.08. The molecule has 10 heteroatoms. The highest BCUT2D eigenvalue weighted by molar-refractivity contribution is 6.13. The first-order chi connectivity index (χ1) is 31.5. The molecule has 8 aromatic carbocycles. The molecule has 0 unspecified atom stereocenters. The van der Waals surface area contributed by atoms with E-state index in [1.807, 2.05) is 94.1 Å². The molecule has 65 heavy (non-hydrogen) atoms. The summed E-state index contributed by atoms with van der Waals surface area (Å²) >= 11 is 0. The van der Waals surface area contributed by atoms with Gasteiger partial charge in [0.1, 0.15) is 0 Å². The molecule has 2 heterocycles. The predicted molar refractivity (Wildman–Crippen MR) is 248 cm³/mol. The van der Waals surface area contributed by atoms with Crippen LogP contribution in [0.4, 0.5) is 24.5 Å². The number of alkyl halides is 3. The largest absolute Gasteiger partial charge is 0.416 e. The van der Waals surface area contributed by atoms with Gasteiger partial charge < -0.3 is 9.13 Å². The number of nitriles is 3. The first-order valence-electron chi connectivity index (χ1n) is 20.2. The summed E-state index contributed by atoms with van der Waals surface area (Å²) in [7, 11) is 0. The molecule has 0 bridgehead atoms. The Bertz CT molecular complexity index is 3690. The number of aryl methyl sites for hydroxylation is 1. The van der Waals surface area contributed by atoms with Gasteiger partial charge in [0, 0.05) is 27.1 Å². The molecule has 0 aliphatic rings. The highest BCUT2D eigenvalue weighted by atomic mass is 19.4. The van der Waals surface area contributed by atoms with Gasteiger partial charge >= 0.3 is 6.18 Å². The Morgan fingerprint density at radius 3 is 1.63 bits per heavy atom. The molecular weight excluding hydrogens is 816 g/mol. The number of hydrogen-bond donors (Lipinski definition) is 0. The zero-order chi connectivity index (χ0) is 45.1. The Kier molecular flexibility index (Phi) is 9.29. The van der Waals surface area contributed by atoms with E-state index in [0.29, 0.717) is 78.3 Å². The molecule has 0 aliphatic carbocycles. The average molecular weight is 844 g/mol. The van der Waals surface area contributed by atoms with Crippen molar-refractivity contribution in [2.75, 3.05) is 0 Å². The summed E-state index contributed by atoms with van der Waals surface area (Å²) in [4.78, 5) is 7.26. The lowest BCUT2D eigenvalue weighted by molar-refractivity contribution is -0.137. The van der Waals surface area contributed by atoms with Gasteiger partial charge in [-0.05, 0) is 101 Å². The maximum Gasteiger partial charge on any atom is 0.416 e. The standard InChI is InChI=1S/C55H28F3N7/c1-32-20-37(25-39(21-32)55(56,57)58)54-52(64-48-10-6-4-8-43(48)45-17-13-35(26-50(45)64)41-16-12-33(29-59)22-38(41)31-61)23-34(30-60)24-53(54)65-49-11-7-5-9-44(49)46-18-14-36(27-51(46)65)42-19-15-40(62-2)28-47(42)63-3/h4-28H,1H3. The molecule has 0 radical (unpaired) electrons. The van der Waals surface area contributed by atoms with E-state index >= 15 is 0 Å². The third kappa shape index (κ3) is 6.49. The van der Waals surface area contributed by atoms with Gasteiger partial charge in [0.15, 0.2) is 11.4 Å². The predicted octanol–water partition coefficient (Wildman–Crippen LogP) is 14.9. The monoisotopic (exact) mass is 843 g/mol. The molecule has 10 rings (SSSR count). The van der Waals surface area contributed by atoms with Crippen LogP contribution in [0.1, 0.15) is 27.8 Å². The van der Waals surface area contributed by atoms with E-state index in [-0.39, 0.29) is 11.1 Å². The van der Waals surface area contributed by atoms with Gasteiger partial charge in [0.2, 0.25) is 0 Å². The third-order valence-electron chi connectivity index (χ3n) is 11.9. The molecule has 0 aliphatic heterocycles. The maximum absolute atomic E-state index is 14.9. The quantitative estimate of drug-likeness (QED) is 0.162. The van der Waals surface area contributed by atoms with Crippen LogP contribution in [-0.2, 0) is 6.18 Å². The Morgan fingerprint density at radius 2 is 1.08 bits per heavy atom. The number of benzene rings is 8. The minimum Gasteiger partial charge on any atom is -0.308 e. The van der Waals surface area contributed by atoms with Crippen LogP contribution in [0.15, 0.2) is 152 Å². The molecular formula is C55H28F3N7. The number of halogens is 3. The Balaban J connectivity index is 1.37. The number of rotatable bonds is 5. The normalized spacial score (nSPS) is 11.3. The molecule has 0 saturated carbocycles. The van der Waals surface area contributed by atoms with Gasteiger partial charge in [-0.25, -0.2) is 9.69 Å². The Morgan fingerprint density at radius 1 is 0.508 bits per heavy atom. The SMILES string of the molecule is [C-]#[N+]c1ccc(-c2ccc3c4ccccc4n(-c4cc(C#N)cc(-n5c6ccccc6c6ccc(-c7ccc(C#N)cc7C#N)cc65)c4-c4cc(C)cc(C(F)(F)F)c4)c3c2)c([N+]#[C-])c1. The molecule has 0 saturated heterocycles. The molecule has 304 valence electrons. The summed E-state index contributed by atoms with van der Waals surface area (Å²) in [6.45, 7) is 17.1. The van der Waals surface area contributed by atoms with Gasteiger partial charge in [-0.2, -0.15) is 29.0 Å². The van der Waals surface area contributed by atoms with E-state index in [2.05, 4.69) is 27.9 Å².